The summed E-state index contributed by atoms with van der Waals surface area (Å²) in [5.41, 5.74) is 3.96. The van der Waals surface area contributed by atoms with E-state index in [1.807, 2.05) is 30.5 Å². The Labute approximate surface area is 213 Å². The van der Waals surface area contributed by atoms with Gasteiger partial charge >= 0.3 is 6.09 Å². The largest absolute Gasteiger partial charge is 0.482 e. The molecule has 3 aliphatic rings. The Morgan fingerprint density at radius 1 is 1.11 bits per heavy atom. The molecule has 1 atom stereocenters. The highest BCUT2D eigenvalue weighted by molar-refractivity contribution is 5.97. The van der Waals surface area contributed by atoms with Gasteiger partial charge in [0.05, 0.1) is 30.5 Å². The minimum atomic E-state index is -0.382. The number of hydrogen-bond donors (Lipinski definition) is 1. The lowest BCUT2D eigenvalue weighted by Gasteiger charge is -2.25. The van der Waals surface area contributed by atoms with Crippen LogP contribution in [-0.2, 0) is 9.53 Å². The highest BCUT2D eigenvalue weighted by Gasteiger charge is 2.34. The summed E-state index contributed by atoms with van der Waals surface area (Å²) in [5, 5.41) is 2.79. The number of fused-ring (bicyclic) bond motifs is 2. The standard InChI is InChI=1S/C26H28N6O5/c1-35-24-6-4-19-25(29-24)21(7-8-27-19)31-10-2-9-30(11-12-31)14-18-15-32(26(34)37-18)17-3-5-22-20(13-17)28-23(33)16-36-22/h3-8,13,18H,2,9-12,14-16H2,1H3,(H,28,33). The van der Waals surface area contributed by atoms with Crippen molar-refractivity contribution in [2.45, 2.75) is 12.5 Å². The zero-order valence-corrected chi connectivity index (χ0v) is 20.6. The number of amides is 2. The second-order valence-corrected chi connectivity index (χ2v) is 9.33. The van der Waals surface area contributed by atoms with Crippen LogP contribution in [0.4, 0.5) is 21.9 Å². The van der Waals surface area contributed by atoms with Crippen LogP contribution >= 0.6 is 0 Å². The van der Waals surface area contributed by atoms with Crippen molar-refractivity contribution < 1.29 is 23.8 Å². The zero-order chi connectivity index (χ0) is 25.4. The van der Waals surface area contributed by atoms with Crippen LogP contribution in [0.5, 0.6) is 11.6 Å². The third-order valence-electron chi connectivity index (χ3n) is 6.92. The van der Waals surface area contributed by atoms with Gasteiger partial charge in [0.25, 0.3) is 5.91 Å². The Morgan fingerprint density at radius 2 is 2.03 bits per heavy atom. The molecular weight excluding hydrogens is 476 g/mol. The number of rotatable bonds is 5. The van der Waals surface area contributed by atoms with Crippen molar-refractivity contribution in [3.63, 3.8) is 0 Å². The third kappa shape index (κ3) is 4.69. The van der Waals surface area contributed by atoms with Crippen molar-refractivity contribution >= 4 is 40.1 Å². The number of cyclic esters (lactones) is 1. The lowest BCUT2D eigenvalue weighted by Crippen LogP contribution is -2.37. The Balaban J connectivity index is 1.11. The molecule has 2 amide bonds. The fourth-order valence-corrected chi connectivity index (χ4v) is 5.11. The van der Waals surface area contributed by atoms with Crippen LogP contribution in [0.2, 0.25) is 0 Å². The van der Waals surface area contributed by atoms with Gasteiger partial charge in [-0.3, -0.25) is 19.6 Å². The summed E-state index contributed by atoms with van der Waals surface area (Å²) in [6.45, 7) is 4.57. The molecule has 2 aromatic heterocycles. The molecule has 192 valence electrons. The second kappa shape index (κ2) is 9.74. The summed E-state index contributed by atoms with van der Waals surface area (Å²) in [6.07, 6.45) is 2.17. The van der Waals surface area contributed by atoms with Crippen molar-refractivity contribution in [2.24, 2.45) is 0 Å². The number of methoxy groups -OCH3 is 1. The summed E-state index contributed by atoms with van der Waals surface area (Å²) in [5.74, 6) is 0.952. The predicted molar refractivity (Wildman–Crippen MR) is 138 cm³/mol. The van der Waals surface area contributed by atoms with E-state index in [0.29, 0.717) is 36.1 Å². The van der Waals surface area contributed by atoms with Crippen molar-refractivity contribution in [2.75, 3.05) is 68.1 Å². The molecular formula is C26H28N6O5. The Hall–Kier alpha value is -4.12. The molecule has 37 heavy (non-hydrogen) atoms. The van der Waals surface area contributed by atoms with Gasteiger partial charge in [-0.25, -0.2) is 9.78 Å². The molecule has 6 rings (SSSR count). The number of benzene rings is 1. The van der Waals surface area contributed by atoms with Crippen LogP contribution in [0.25, 0.3) is 11.0 Å². The quantitative estimate of drug-likeness (QED) is 0.561. The number of nitrogens with one attached hydrogen (secondary N) is 1. The lowest BCUT2D eigenvalue weighted by atomic mass is 10.2. The number of carbonyl (C=O) groups excluding carboxylic acids is 2. The molecule has 1 unspecified atom stereocenters. The SMILES string of the molecule is COc1ccc2nccc(N3CCCN(CC4CN(c5ccc6c(c5)NC(=O)CO6)C(=O)O4)CC3)c2n1. The Morgan fingerprint density at radius 3 is 2.92 bits per heavy atom. The van der Waals surface area contributed by atoms with Crippen LogP contribution in [0.3, 0.4) is 0 Å². The molecule has 11 nitrogen and oxygen atoms in total. The maximum atomic E-state index is 12.7. The van der Waals surface area contributed by atoms with Crippen molar-refractivity contribution in [3.05, 3.63) is 42.6 Å². The maximum Gasteiger partial charge on any atom is 0.414 e. The van der Waals surface area contributed by atoms with Crippen LogP contribution in [0.1, 0.15) is 6.42 Å². The Bertz CT molecular complexity index is 1350. The summed E-state index contributed by atoms with van der Waals surface area (Å²) in [4.78, 5) is 39.7. The van der Waals surface area contributed by atoms with E-state index in [4.69, 9.17) is 14.2 Å². The van der Waals surface area contributed by atoms with Crippen LogP contribution < -0.4 is 24.6 Å². The monoisotopic (exact) mass is 504 g/mol. The normalized spacial score (nSPS) is 20.2. The maximum absolute atomic E-state index is 12.7. The van der Waals surface area contributed by atoms with Gasteiger partial charge in [-0.15, -0.1) is 0 Å². The van der Waals surface area contributed by atoms with Gasteiger partial charge in [0.15, 0.2) is 6.61 Å². The fraction of sp³-hybridized carbons (Fsp3) is 0.385. The predicted octanol–water partition coefficient (Wildman–Crippen LogP) is 2.51. The first-order valence-electron chi connectivity index (χ1n) is 12.4. The number of aromatic nitrogens is 2. The molecule has 5 heterocycles. The fourth-order valence-electron chi connectivity index (χ4n) is 5.11. The topological polar surface area (TPSA) is 109 Å². The molecule has 0 spiro atoms. The van der Waals surface area contributed by atoms with Crippen LogP contribution in [0.15, 0.2) is 42.6 Å². The van der Waals surface area contributed by atoms with Crippen molar-refractivity contribution in [3.8, 4) is 11.6 Å². The molecule has 11 heteroatoms. The molecule has 0 radical (unpaired) electrons. The highest BCUT2D eigenvalue weighted by atomic mass is 16.6. The zero-order valence-electron chi connectivity index (χ0n) is 20.6. The van der Waals surface area contributed by atoms with E-state index in [1.165, 1.54) is 0 Å². The summed E-state index contributed by atoms with van der Waals surface area (Å²) < 4.78 is 16.5. The molecule has 3 aliphatic heterocycles. The number of hydrogen-bond acceptors (Lipinski definition) is 9. The summed E-state index contributed by atoms with van der Waals surface area (Å²) in [6, 6.07) is 11.1. The van der Waals surface area contributed by atoms with Gasteiger partial charge in [0.2, 0.25) is 5.88 Å². The van der Waals surface area contributed by atoms with E-state index in [1.54, 1.807) is 24.1 Å². The van der Waals surface area contributed by atoms with Crippen LogP contribution in [-0.4, -0.2) is 86.0 Å². The number of nitrogens with zero attached hydrogens (tertiary/aromatic N) is 5. The number of ether oxygens (including phenoxy) is 3. The average molecular weight is 505 g/mol. The minimum Gasteiger partial charge on any atom is -0.482 e. The second-order valence-electron chi connectivity index (χ2n) is 9.33. The molecule has 0 aliphatic carbocycles. The van der Waals surface area contributed by atoms with E-state index in [-0.39, 0.29) is 24.7 Å². The minimum absolute atomic E-state index is 0.00443. The van der Waals surface area contributed by atoms with E-state index in [9.17, 15) is 9.59 Å². The van der Waals surface area contributed by atoms with E-state index >= 15 is 0 Å². The summed E-state index contributed by atoms with van der Waals surface area (Å²) in [7, 11) is 1.61. The van der Waals surface area contributed by atoms with Gasteiger partial charge in [-0.2, -0.15) is 0 Å². The molecule has 1 N–H and O–H groups in total. The van der Waals surface area contributed by atoms with Crippen LogP contribution in [0, 0.1) is 0 Å². The van der Waals surface area contributed by atoms with Gasteiger partial charge < -0.3 is 24.4 Å². The van der Waals surface area contributed by atoms with Crippen molar-refractivity contribution in [1.82, 2.24) is 14.9 Å². The number of pyridine rings is 2. The smallest absolute Gasteiger partial charge is 0.414 e. The van der Waals surface area contributed by atoms with Gasteiger partial charge in [-0.1, -0.05) is 0 Å². The molecule has 1 aromatic carbocycles. The summed E-state index contributed by atoms with van der Waals surface area (Å²) >= 11 is 0. The van der Waals surface area contributed by atoms with E-state index in [0.717, 1.165) is 49.3 Å². The highest BCUT2D eigenvalue weighted by Crippen LogP contribution is 2.34. The van der Waals surface area contributed by atoms with Gasteiger partial charge in [0.1, 0.15) is 17.4 Å². The molecule has 0 saturated carbocycles. The lowest BCUT2D eigenvalue weighted by molar-refractivity contribution is -0.118. The first kappa shape index (κ1) is 23.3. The Kier molecular flexibility index (Phi) is 6.13. The van der Waals surface area contributed by atoms with E-state index in [2.05, 4.69) is 25.1 Å². The average Bonchev–Trinajstić information content (AvgIpc) is 3.12. The van der Waals surface area contributed by atoms with Crippen molar-refractivity contribution in [1.29, 1.82) is 0 Å². The molecule has 0 bridgehead atoms. The number of carbonyl (C=O) groups is 2. The van der Waals surface area contributed by atoms with Gasteiger partial charge in [0, 0.05) is 50.7 Å². The first-order valence-corrected chi connectivity index (χ1v) is 12.4. The molecule has 2 fully saturated rings. The van der Waals surface area contributed by atoms with Gasteiger partial charge in [-0.05, 0) is 36.8 Å². The molecule has 2 saturated heterocycles. The first-order chi connectivity index (χ1) is 18.1. The molecule has 3 aromatic rings. The van der Waals surface area contributed by atoms with E-state index < -0.39 is 0 Å². The number of anilines is 3. The third-order valence-corrected chi connectivity index (χ3v) is 6.92.